The van der Waals surface area contributed by atoms with E-state index in [2.05, 4.69) is 4.98 Å². The number of imidazole rings is 1. The van der Waals surface area contributed by atoms with Crippen molar-refractivity contribution in [1.82, 2.24) is 18.7 Å². The van der Waals surface area contributed by atoms with Gasteiger partial charge < -0.3 is 4.57 Å². The molecule has 2 heterocycles. The van der Waals surface area contributed by atoms with Gasteiger partial charge in [0, 0.05) is 20.6 Å². The van der Waals surface area contributed by atoms with Gasteiger partial charge in [-0.3, -0.25) is 13.9 Å². The van der Waals surface area contributed by atoms with Crippen LogP contribution in [0.1, 0.15) is 17.0 Å². The first-order valence-corrected chi connectivity index (χ1v) is 7.40. The minimum Gasteiger partial charge on any atom is -0.318 e. The lowest BCUT2D eigenvalue weighted by atomic mass is 10.1. The van der Waals surface area contributed by atoms with Gasteiger partial charge in [-0.2, -0.15) is 13.2 Å². The van der Waals surface area contributed by atoms with Crippen molar-refractivity contribution in [3.8, 4) is 0 Å². The van der Waals surface area contributed by atoms with Crippen molar-refractivity contribution in [1.29, 1.82) is 0 Å². The molecular formula is C16H15F3N4O2. The van der Waals surface area contributed by atoms with E-state index in [1.807, 2.05) is 0 Å². The summed E-state index contributed by atoms with van der Waals surface area (Å²) in [5.74, 6) is 0.494. The average Bonchev–Trinajstić information content (AvgIpc) is 2.87. The van der Waals surface area contributed by atoms with Gasteiger partial charge in [0.15, 0.2) is 11.2 Å². The zero-order valence-corrected chi connectivity index (χ0v) is 13.8. The van der Waals surface area contributed by atoms with Crippen molar-refractivity contribution in [2.45, 2.75) is 19.6 Å². The molecule has 132 valence electrons. The molecule has 9 heteroatoms. The Hall–Kier alpha value is -2.84. The molecule has 0 aliphatic heterocycles. The van der Waals surface area contributed by atoms with Gasteiger partial charge >= 0.3 is 11.9 Å². The van der Waals surface area contributed by atoms with E-state index in [-0.39, 0.29) is 17.7 Å². The third kappa shape index (κ3) is 2.75. The number of benzene rings is 1. The van der Waals surface area contributed by atoms with Gasteiger partial charge in [-0.15, -0.1) is 0 Å². The quantitative estimate of drug-likeness (QED) is 0.707. The summed E-state index contributed by atoms with van der Waals surface area (Å²) in [5.41, 5.74) is -0.644. The molecule has 0 N–H and O–H groups in total. The smallest absolute Gasteiger partial charge is 0.318 e. The number of rotatable bonds is 2. The molecule has 3 aromatic rings. The van der Waals surface area contributed by atoms with Crippen molar-refractivity contribution < 1.29 is 13.2 Å². The highest BCUT2D eigenvalue weighted by atomic mass is 19.4. The van der Waals surface area contributed by atoms with Crippen LogP contribution in [0.15, 0.2) is 33.9 Å². The first-order chi connectivity index (χ1) is 11.6. The van der Waals surface area contributed by atoms with E-state index in [1.54, 1.807) is 11.5 Å². The lowest BCUT2D eigenvalue weighted by Gasteiger charge is -2.10. The maximum absolute atomic E-state index is 12.7. The zero-order valence-electron chi connectivity index (χ0n) is 13.8. The fourth-order valence-electron chi connectivity index (χ4n) is 2.73. The Morgan fingerprint density at radius 2 is 1.64 bits per heavy atom. The lowest BCUT2D eigenvalue weighted by molar-refractivity contribution is -0.137. The van der Waals surface area contributed by atoms with E-state index in [0.29, 0.717) is 11.4 Å². The first kappa shape index (κ1) is 17.0. The summed E-state index contributed by atoms with van der Waals surface area (Å²) in [6.45, 7) is 1.85. The average molecular weight is 352 g/mol. The monoisotopic (exact) mass is 352 g/mol. The maximum atomic E-state index is 12.7. The molecule has 0 spiro atoms. The highest BCUT2D eigenvalue weighted by molar-refractivity contribution is 5.71. The standard InChI is InChI=1S/C16H15F3N4O2/c1-9-20-13-12(14(24)22(3)15(25)21(13)2)23(9)8-10-4-6-11(7-5-10)16(17,18)19/h4-7H,8H2,1-3H3. The zero-order chi connectivity index (χ0) is 18.5. The van der Waals surface area contributed by atoms with Crippen LogP contribution in [0, 0.1) is 6.92 Å². The molecule has 0 unspecified atom stereocenters. The van der Waals surface area contributed by atoms with Crippen LogP contribution in [0.2, 0.25) is 0 Å². The van der Waals surface area contributed by atoms with Gasteiger partial charge in [-0.1, -0.05) is 12.1 Å². The molecular weight excluding hydrogens is 337 g/mol. The van der Waals surface area contributed by atoms with E-state index in [9.17, 15) is 22.8 Å². The molecule has 6 nitrogen and oxygen atoms in total. The molecule has 0 atom stereocenters. The highest BCUT2D eigenvalue weighted by Gasteiger charge is 2.30. The SMILES string of the molecule is Cc1nc2c(c(=O)n(C)c(=O)n2C)n1Cc1ccc(C(F)(F)F)cc1. The van der Waals surface area contributed by atoms with Crippen LogP contribution in [0.5, 0.6) is 0 Å². The number of fused-ring (bicyclic) bond motifs is 1. The third-order valence-electron chi connectivity index (χ3n) is 4.16. The largest absolute Gasteiger partial charge is 0.416 e. The van der Waals surface area contributed by atoms with E-state index in [1.165, 1.54) is 30.8 Å². The van der Waals surface area contributed by atoms with Crippen molar-refractivity contribution in [3.63, 3.8) is 0 Å². The Balaban J connectivity index is 2.13. The van der Waals surface area contributed by atoms with Gasteiger partial charge in [0.2, 0.25) is 0 Å². The molecule has 25 heavy (non-hydrogen) atoms. The van der Waals surface area contributed by atoms with Crippen molar-refractivity contribution in [2.75, 3.05) is 0 Å². The Morgan fingerprint density at radius 1 is 1.04 bits per heavy atom. The Labute approximate surface area is 139 Å². The predicted octanol–water partition coefficient (Wildman–Crippen LogP) is 1.81. The van der Waals surface area contributed by atoms with Crippen molar-refractivity contribution in [3.05, 3.63) is 62.1 Å². The molecule has 2 aromatic heterocycles. The van der Waals surface area contributed by atoms with Gasteiger partial charge in [-0.05, 0) is 24.6 Å². The predicted molar refractivity (Wildman–Crippen MR) is 85.5 cm³/mol. The second-order valence-corrected chi connectivity index (χ2v) is 5.82. The van der Waals surface area contributed by atoms with Crippen LogP contribution in [0.3, 0.4) is 0 Å². The second-order valence-electron chi connectivity index (χ2n) is 5.82. The normalized spacial score (nSPS) is 12.1. The van der Waals surface area contributed by atoms with Crippen LogP contribution >= 0.6 is 0 Å². The maximum Gasteiger partial charge on any atom is 0.416 e. The summed E-state index contributed by atoms with van der Waals surface area (Å²) in [7, 11) is 2.88. The van der Waals surface area contributed by atoms with Gasteiger partial charge in [0.25, 0.3) is 5.56 Å². The van der Waals surface area contributed by atoms with Gasteiger partial charge in [0.1, 0.15) is 5.82 Å². The molecule has 3 rings (SSSR count). The number of aryl methyl sites for hydroxylation is 2. The van der Waals surface area contributed by atoms with Gasteiger partial charge in [-0.25, -0.2) is 9.78 Å². The van der Waals surface area contributed by atoms with Gasteiger partial charge in [0.05, 0.1) is 5.56 Å². The van der Waals surface area contributed by atoms with E-state index >= 15 is 0 Å². The number of hydrogen-bond acceptors (Lipinski definition) is 3. The third-order valence-corrected chi connectivity index (χ3v) is 4.16. The van der Waals surface area contributed by atoms with E-state index in [0.717, 1.165) is 16.7 Å². The molecule has 0 saturated carbocycles. The van der Waals surface area contributed by atoms with Crippen molar-refractivity contribution in [2.24, 2.45) is 14.1 Å². The topological polar surface area (TPSA) is 61.8 Å². The molecule has 0 fully saturated rings. The van der Waals surface area contributed by atoms with Crippen LogP contribution in [-0.4, -0.2) is 18.7 Å². The van der Waals surface area contributed by atoms with Crippen LogP contribution < -0.4 is 11.2 Å². The van der Waals surface area contributed by atoms with Crippen LogP contribution in [0.25, 0.3) is 11.2 Å². The summed E-state index contributed by atoms with van der Waals surface area (Å²) in [6.07, 6.45) is -4.40. The second kappa shape index (κ2) is 5.61. The fourth-order valence-corrected chi connectivity index (χ4v) is 2.73. The molecule has 0 radical (unpaired) electrons. The summed E-state index contributed by atoms with van der Waals surface area (Å²) < 4.78 is 41.8. The minimum atomic E-state index is -4.40. The van der Waals surface area contributed by atoms with Crippen molar-refractivity contribution >= 4 is 11.2 Å². The fraction of sp³-hybridized carbons (Fsp3) is 0.312. The summed E-state index contributed by atoms with van der Waals surface area (Å²) in [4.78, 5) is 28.7. The van der Waals surface area contributed by atoms with E-state index in [4.69, 9.17) is 0 Å². The molecule has 0 aliphatic rings. The lowest BCUT2D eigenvalue weighted by Crippen LogP contribution is -2.37. The number of halogens is 3. The van der Waals surface area contributed by atoms with Crippen LogP contribution in [-0.2, 0) is 26.8 Å². The van der Waals surface area contributed by atoms with Crippen LogP contribution in [0.4, 0.5) is 13.2 Å². The molecule has 1 aromatic carbocycles. The summed E-state index contributed by atoms with van der Waals surface area (Å²) in [6, 6.07) is 4.72. The Kier molecular flexibility index (Phi) is 3.81. The molecule has 0 saturated heterocycles. The first-order valence-electron chi connectivity index (χ1n) is 7.40. The Morgan fingerprint density at radius 3 is 2.20 bits per heavy atom. The molecule has 0 aliphatic carbocycles. The summed E-state index contributed by atoms with van der Waals surface area (Å²) >= 11 is 0. The molecule has 0 bridgehead atoms. The van der Waals surface area contributed by atoms with E-state index < -0.39 is 23.0 Å². The highest BCUT2D eigenvalue weighted by Crippen LogP contribution is 2.29. The molecule has 0 amide bonds. The number of hydrogen-bond donors (Lipinski definition) is 0. The number of alkyl halides is 3. The summed E-state index contributed by atoms with van der Waals surface area (Å²) in [5, 5.41) is 0. The Bertz CT molecular complexity index is 1070. The number of nitrogens with zero attached hydrogens (tertiary/aromatic N) is 4. The minimum absolute atomic E-state index is 0.175. The number of aromatic nitrogens is 4.